The van der Waals surface area contributed by atoms with Gasteiger partial charge in [0.15, 0.2) is 5.78 Å². The van der Waals surface area contributed by atoms with E-state index in [0.29, 0.717) is 22.5 Å². The van der Waals surface area contributed by atoms with Crippen LogP contribution in [0.2, 0.25) is 0 Å². The van der Waals surface area contributed by atoms with Crippen molar-refractivity contribution < 1.29 is 22.8 Å². The van der Waals surface area contributed by atoms with Gasteiger partial charge in [-0.1, -0.05) is 25.1 Å². The second-order valence-corrected chi connectivity index (χ2v) is 8.58. The van der Waals surface area contributed by atoms with Gasteiger partial charge in [0, 0.05) is 36.4 Å². The lowest BCUT2D eigenvalue weighted by Gasteiger charge is -2.17. The third-order valence-corrected chi connectivity index (χ3v) is 6.13. The average molecular weight is 480 g/mol. The molecular formula is C27H24F3N3O2. The number of aromatic nitrogens is 1. The van der Waals surface area contributed by atoms with Gasteiger partial charge in [0.2, 0.25) is 0 Å². The number of anilines is 1. The van der Waals surface area contributed by atoms with Gasteiger partial charge in [-0.05, 0) is 60.9 Å². The molecule has 3 aromatic rings. The van der Waals surface area contributed by atoms with Crippen LogP contribution in [0, 0.1) is 18.7 Å². The highest BCUT2D eigenvalue weighted by Crippen LogP contribution is 2.34. The fraction of sp³-hybridized carbons (Fsp3) is 0.259. The van der Waals surface area contributed by atoms with E-state index >= 15 is 0 Å². The standard InChI is InChI=1S/C27H24F3N3O2/c1-4-27(29,30)19-7-5-6-18(12-19)13-24(34)25-17(3)32-33(26(25)35)20-8-9-23(28)22(14-20)21-10-11-31-15-16(21)2/h5-12,14-15,25H,4,13H2,1-3H3. The van der Waals surface area contributed by atoms with Crippen molar-refractivity contribution in [2.75, 3.05) is 5.01 Å². The summed E-state index contributed by atoms with van der Waals surface area (Å²) in [5.41, 5.74) is 2.52. The molecule has 2 heterocycles. The molecule has 2 aromatic carbocycles. The first-order valence-electron chi connectivity index (χ1n) is 11.2. The SMILES string of the molecule is CCC(F)(F)c1cccc(CC(=O)C2C(=O)N(c3ccc(F)c(-c4ccncc4C)c3)N=C2C)c1. The molecule has 0 saturated carbocycles. The molecule has 0 aliphatic carbocycles. The molecule has 5 nitrogen and oxygen atoms in total. The number of halogens is 3. The van der Waals surface area contributed by atoms with Gasteiger partial charge in [0.1, 0.15) is 11.7 Å². The highest BCUT2D eigenvalue weighted by atomic mass is 19.3. The van der Waals surface area contributed by atoms with Crippen molar-refractivity contribution in [1.82, 2.24) is 4.98 Å². The summed E-state index contributed by atoms with van der Waals surface area (Å²) in [5, 5.41) is 5.36. The van der Waals surface area contributed by atoms with Gasteiger partial charge >= 0.3 is 0 Å². The Hall–Kier alpha value is -3.81. The van der Waals surface area contributed by atoms with Gasteiger partial charge in [-0.15, -0.1) is 0 Å². The zero-order valence-corrected chi connectivity index (χ0v) is 19.6. The summed E-state index contributed by atoms with van der Waals surface area (Å²) < 4.78 is 42.8. The third kappa shape index (κ3) is 4.73. The summed E-state index contributed by atoms with van der Waals surface area (Å²) in [6, 6.07) is 11.5. The Balaban J connectivity index is 1.58. The molecule has 0 spiro atoms. The molecule has 4 rings (SSSR count). The van der Waals surface area contributed by atoms with Crippen molar-refractivity contribution in [1.29, 1.82) is 0 Å². The third-order valence-electron chi connectivity index (χ3n) is 6.13. The van der Waals surface area contributed by atoms with Crippen LogP contribution in [0.4, 0.5) is 18.9 Å². The van der Waals surface area contributed by atoms with Gasteiger partial charge in [-0.25, -0.2) is 13.2 Å². The second kappa shape index (κ2) is 9.44. The van der Waals surface area contributed by atoms with Gasteiger partial charge < -0.3 is 0 Å². The fourth-order valence-electron chi connectivity index (χ4n) is 4.16. The summed E-state index contributed by atoms with van der Waals surface area (Å²) in [7, 11) is 0. The number of carbonyl (C=O) groups excluding carboxylic acids is 2. The van der Waals surface area contributed by atoms with E-state index in [1.807, 2.05) is 0 Å². The van der Waals surface area contributed by atoms with Crippen LogP contribution in [0.5, 0.6) is 0 Å². The second-order valence-electron chi connectivity index (χ2n) is 8.58. The van der Waals surface area contributed by atoms with Crippen LogP contribution in [0.25, 0.3) is 11.1 Å². The average Bonchev–Trinajstić information content (AvgIpc) is 3.14. The summed E-state index contributed by atoms with van der Waals surface area (Å²) in [6.45, 7) is 4.76. The number of aryl methyl sites for hydroxylation is 1. The number of hydrogen-bond donors (Lipinski definition) is 0. The molecular weight excluding hydrogens is 455 g/mol. The van der Waals surface area contributed by atoms with Crippen LogP contribution in [0.3, 0.4) is 0 Å². The molecule has 1 aliphatic rings. The molecule has 0 radical (unpaired) electrons. The van der Waals surface area contributed by atoms with Gasteiger partial charge in [0.05, 0.1) is 11.4 Å². The highest BCUT2D eigenvalue weighted by Gasteiger charge is 2.39. The maximum absolute atomic E-state index is 14.6. The zero-order chi connectivity index (χ0) is 25.3. The topological polar surface area (TPSA) is 62.6 Å². The number of pyridine rings is 1. The molecule has 1 unspecified atom stereocenters. The molecule has 1 amide bonds. The Labute approximate surface area is 201 Å². The Bertz CT molecular complexity index is 1340. The first kappa shape index (κ1) is 24.3. The number of amides is 1. The largest absolute Gasteiger partial charge is 0.298 e. The predicted molar refractivity (Wildman–Crippen MR) is 128 cm³/mol. The van der Waals surface area contributed by atoms with Crippen LogP contribution in [-0.2, 0) is 21.9 Å². The number of hydrogen-bond acceptors (Lipinski definition) is 4. The van der Waals surface area contributed by atoms with E-state index in [4.69, 9.17) is 0 Å². The zero-order valence-electron chi connectivity index (χ0n) is 19.6. The lowest BCUT2D eigenvalue weighted by Crippen LogP contribution is -2.33. The molecule has 1 aromatic heterocycles. The van der Waals surface area contributed by atoms with Crippen molar-refractivity contribution in [3.05, 3.63) is 83.4 Å². The van der Waals surface area contributed by atoms with Crippen LogP contribution >= 0.6 is 0 Å². The first-order chi connectivity index (χ1) is 16.6. The number of carbonyl (C=O) groups is 2. The number of benzene rings is 2. The van der Waals surface area contributed by atoms with E-state index in [1.165, 1.54) is 43.3 Å². The van der Waals surface area contributed by atoms with E-state index in [1.54, 1.807) is 38.4 Å². The minimum Gasteiger partial charge on any atom is -0.298 e. The molecule has 180 valence electrons. The van der Waals surface area contributed by atoms with E-state index in [2.05, 4.69) is 10.1 Å². The minimum absolute atomic E-state index is 0.166. The van der Waals surface area contributed by atoms with E-state index in [-0.39, 0.29) is 24.0 Å². The van der Waals surface area contributed by atoms with Crippen molar-refractivity contribution in [3.63, 3.8) is 0 Å². The van der Waals surface area contributed by atoms with E-state index < -0.39 is 29.3 Å². The molecule has 0 bridgehead atoms. The van der Waals surface area contributed by atoms with Gasteiger partial charge in [-0.2, -0.15) is 10.1 Å². The Kier molecular flexibility index (Phi) is 6.56. The Morgan fingerprint density at radius 3 is 2.57 bits per heavy atom. The van der Waals surface area contributed by atoms with Crippen molar-refractivity contribution >= 4 is 23.1 Å². The van der Waals surface area contributed by atoms with Gasteiger partial charge in [0.25, 0.3) is 11.8 Å². The fourth-order valence-corrected chi connectivity index (χ4v) is 4.16. The van der Waals surface area contributed by atoms with Crippen molar-refractivity contribution in [3.8, 4) is 11.1 Å². The molecule has 1 aliphatic heterocycles. The number of rotatable bonds is 7. The van der Waals surface area contributed by atoms with Gasteiger partial charge in [-0.3, -0.25) is 14.6 Å². The summed E-state index contributed by atoms with van der Waals surface area (Å²) in [4.78, 5) is 30.3. The molecule has 0 fully saturated rings. The van der Waals surface area contributed by atoms with Crippen molar-refractivity contribution in [2.24, 2.45) is 11.0 Å². The van der Waals surface area contributed by atoms with Crippen LogP contribution < -0.4 is 5.01 Å². The van der Waals surface area contributed by atoms with Crippen molar-refractivity contribution in [2.45, 2.75) is 39.5 Å². The van der Waals surface area contributed by atoms with Crippen LogP contribution in [0.15, 0.2) is 66.0 Å². The monoisotopic (exact) mass is 479 g/mol. The summed E-state index contributed by atoms with van der Waals surface area (Å²) in [5.74, 6) is -5.60. The molecule has 35 heavy (non-hydrogen) atoms. The van der Waals surface area contributed by atoms with Crippen LogP contribution in [-0.4, -0.2) is 22.4 Å². The predicted octanol–water partition coefficient (Wildman–Crippen LogP) is 5.85. The van der Waals surface area contributed by atoms with E-state index in [9.17, 15) is 22.8 Å². The highest BCUT2D eigenvalue weighted by molar-refractivity contribution is 6.27. The maximum atomic E-state index is 14.6. The lowest BCUT2D eigenvalue weighted by molar-refractivity contribution is -0.128. The normalized spacial score (nSPS) is 15.9. The number of nitrogens with zero attached hydrogens (tertiary/aromatic N) is 3. The maximum Gasteiger partial charge on any atom is 0.273 e. The Morgan fingerprint density at radius 2 is 1.86 bits per heavy atom. The summed E-state index contributed by atoms with van der Waals surface area (Å²) >= 11 is 0. The van der Waals surface area contributed by atoms with E-state index in [0.717, 1.165) is 10.6 Å². The lowest BCUT2D eigenvalue weighted by atomic mass is 9.92. The Morgan fingerprint density at radius 1 is 1.09 bits per heavy atom. The number of hydrazone groups is 1. The molecule has 1 atom stereocenters. The minimum atomic E-state index is -3.00. The smallest absolute Gasteiger partial charge is 0.273 e. The molecule has 8 heteroatoms. The number of ketones is 1. The van der Waals surface area contributed by atoms with Crippen LogP contribution in [0.1, 0.15) is 37.0 Å². The quantitative estimate of drug-likeness (QED) is 0.400. The number of Topliss-reactive ketones (excluding diaryl/α,β-unsaturated/α-hetero) is 1. The number of alkyl halides is 2. The molecule has 0 saturated heterocycles. The summed E-state index contributed by atoms with van der Waals surface area (Å²) in [6.07, 6.45) is 2.63. The first-order valence-corrected chi connectivity index (χ1v) is 11.2. The molecule has 0 N–H and O–H groups in total.